The van der Waals surface area contributed by atoms with Crippen LogP contribution in [0.1, 0.15) is 15.9 Å². The molecule has 0 aliphatic rings. The molecule has 0 saturated carbocycles. The van der Waals surface area contributed by atoms with Crippen LogP contribution < -0.4 is 9.47 Å². The van der Waals surface area contributed by atoms with Crippen LogP contribution in [-0.4, -0.2) is 30.7 Å². The van der Waals surface area contributed by atoms with Crippen LogP contribution in [0.5, 0.6) is 11.5 Å². The van der Waals surface area contributed by atoms with Crippen LogP contribution in [0.15, 0.2) is 47.5 Å². The number of nitrogens with zero attached hydrogens (tertiary/aromatic N) is 2. The molecule has 0 aliphatic carbocycles. The lowest BCUT2D eigenvalue weighted by Crippen LogP contribution is -2.03. The number of pyridine rings is 1. The summed E-state index contributed by atoms with van der Waals surface area (Å²) in [4.78, 5) is 16.9. The highest BCUT2D eigenvalue weighted by atomic mass is 35.5. The first-order valence-corrected chi connectivity index (χ1v) is 9.30. The molecule has 0 bridgehead atoms. The molecule has 0 amide bonds. The quantitative estimate of drug-likeness (QED) is 0.440. The van der Waals surface area contributed by atoms with E-state index < -0.39 is 0 Å². The van der Waals surface area contributed by atoms with Gasteiger partial charge in [-0.2, -0.15) is 5.26 Å². The zero-order chi connectivity index (χ0) is 19.4. The highest BCUT2D eigenvalue weighted by Crippen LogP contribution is 2.33. The Bertz CT molecular complexity index is 1050. The van der Waals surface area contributed by atoms with Gasteiger partial charge in [-0.1, -0.05) is 23.4 Å². The maximum absolute atomic E-state index is 12.4. The molecular weight excluding hydrogens is 384 g/mol. The minimum Gasteiger partial charge on any atom is -0.493 e. The minimum atomic E-state index is -0.0604. The molecule has 3 aromatic rings. The second-order valence-corrected chi connectivity index (χ2v) is 6.97. The molecule has 1 aromatic heterocycles. The molecule has 3 rings (SSSR count). The van der Waals surface area contributed by atoms with Crippen LogP contribution in [0.4, 0.5) is 0 Å². The first-order chi connectivity index (χ1) is 13.0. The number of methoxy groups -OCH3 is 2. The van der Waals surface area contributed by atoms with Gasteiger partial charge in [0.2, 0.25) is 0 Å². The van der Waals surface area contributed by atoms with Crippen molar-refractivity contribution in [3.05, 3.63) is 58.6 Å². The molecule has 0 N–H and O–H groups in total. The summed E-state index contributed by atoms with van der Waals surface area (Å²) in [5.74, 6) is 1.22. The normalized spacial score (nSPS) is 10.4. The van der Waals surface area contributed by atoms with E-state index in [1.54, 1.807) is 56.7 Å². The summed E-state index contributed by atoms with van der Waals surface area (Å²) < 4.78 is 10.6. The fourth-order valence-electron chi connectivity index (χ4n) is 2.53. The fourth-order valence-corrected chi connectivity index (χ4v) is 3.51. The number of fused-ring (bicyclic) bond motifs is 1. The van der Waals surface area contributed by atoms with E-state index in [0.717, 1.165) is 5.39 Å². The van der Waals surface area contributed by atoms with E-state index in [1.165, 1.54) is 11.8 Å². The molecule has 0 aliphatic heterocycles. The number of nitriles is 1. The smallest absolute Gasteiger partial charge is 0.173 e. The lowest BCUT2D eigenvalue weighted by molar-refractivity contribution is 0.102. The van der Waals surface area contributed by atoms with Crippen molar-refractivity contribution in [2.24, 2.45) is 0 Å². The number of aromatic nitrogens is 1. The van der Waals surface area contributed by atoms with Gasteiger partial charge in [0.25, 0.3) is 0 Å². The number of carbonyl (C=O) groups is 1. The summed E-state index contributed by atoms with van der Waals surface area (Å²) in [6.07, 6.45) is 0. The average molecular weight is 399 g/mol. The van der Waals surface area contributed by atoms with Crippen molar-refractivity contribution in [1.29, 1.82) is 5.26 Å². The Morgan fingerprint density at radius 1 is 1.15 bits per heavy atom. The molecule has 27 heavy (non-hydrogen) atoms. The van der Waals surface area contributed by atoms with Crippen molar-refractivity contribution in [3.8, 4) is 17.6 Å². The molecule has 2 aromatic carbocycles. The number of ether oxygens (including phenoxy) is 2. The van der Waals surface area contributed by atoms with E-state index in [9.17, 15) is 10.1 Å². The number of thioether (sulfide) groups is 1. The van der Waals surface area contributed by atoms with E-state index in [-0.39, 0.29) is 11.5 Å². The average Bonchev–Trinajstić information content (AvgIpc) is 2.70. The van der Waals surface area contributed by atoms with Gasteiger partial charge in [-0.15, -0.1) is 0 Å². The Labute approximate surface area is 165 Å². The van der Waals surface area contributed by atoms with Crippen LogP contribution in [0, 0.1) is 11.3 Å². The van der Waals surface area contributed by atoms with Gasteiger partial charge in [0.1, 0.15) is 11.1 Å². The molecular formula is C20H15ClN2O3S. The lowest BCUT2D eigenvalue weighted by Gasteiger charge is -2.10. The zero-order valence-corrected chi connectivity index (χ0v) is 16.2. The van der Waals surface area contributed by atoms with E-state index in [0.29, 0.717) is 38.2 Å². The van der Waals surface area contributed by atoms with Crippen molar-refractivity contribution in [2.45, 2.75) is 5.03 Å². The van der Waals surface area contributed by atoms with Crippen LogP contribution in [0.25, 0.3) is 10.9 Å². The maximum atomic E-state index is 12.4. The van der Waals surface area contributed by atoms with Crippen LogP contribution in [-0.2, 0) is 0 Å². The van der Waals surface area contributed by atoms with Crippen molar-refractivity contribution in [1.82, 2.24) is 4.98 Å². The largest absolute Gasteiger partial charge is 0.493 e. The third-order valence-corrected chi connectivity index (χ3v) is 5.15. The number of carbonyl (C=O) groups excluding carboxylic acids is 1. The van der Waals surface area contributed by atoms with Gasteiger partial charge in [-0.25, -0.2) is 4.98 Å². The Balaban J connectivity index is 1.90. The minimum absolute atomic E-state index is 0.0604. The van der Waals surface area contributed by atoms with E-state index in [2.05, 4.69) is 11.1 Å². The maximum Gasteiger partial charge on any atom is 0.173 e. The monoisotopic (exact) mass is 398 g/mol. The summed E-state index contributed by atoms with van der Waals surface area (Å²) in [6, 6.07) is 14.1. The van der Waals surface area contributed by atoms with Gasteiger partial charge in [0, 0.05) is 22.0 Å². The van der Waals surface area contributed by atoms with Crippen molar-refractivity contribution in [3.63, 3.8) is 0 Å². The summed E-state index contributed by atoms with van der Waals surface area (Å²) in [7, 11) is 3.10. The van der Waals surface area contributed by atoms with Crippen molar-refractivity contribution in [2.75, 3.05) is 20.0 Å². The van der Waals surface area contributed by atoms with Crippen molar-refractivity contribution < 1.29 is 14.3 Å². The van der Waals surface area contributed by atoms with Gasteiger partial charge in [0.05, 0.1) is 31.1 Å². The topological polar surface area (TPSA) is 72.2 Å². The van der Waals surface area contributed by atoms with E-state index in [1.807, 2.05) is 0 Å². The molecule has 0 radical (unpaired) electrons. The number of rotatable bonds is 6. The molecule has 1 heterocycles. The van der Waals surface area contributed by atoms with Gasteiger partial charge in [0.15, 0.2) is 17.3 Å². The summed E-state index contributed by atoms with van der Waals surface area (Å²) >= 11 is 7.08. The first-order valence-electron chi connectivity index (χ1n) is 7.94. The number of halogens is 1. The highest BCUT2D eigenvalue weighted by molar-refractivity contribution is 8.00. The molecule has 0 unspecified atom stereocenters. The van der Waals surface area contributed by atoms with Gasteiger partial charge < -0.3 is 9.47 Å². The summed E-state index contributed by atoms with van der Waals surface area (Å²) in [6.45, 7) is 0. The zero-order valence-electron chi connectivity index (χ0n) is 14.7. The molecule has 5 nitrogen and oxygen atoms in total. The van der Waals surface area contributed by atoms with E-state index in [4.69, 9.17) is 21.1 Å². The number of hydrogen-bond acceptors (Lipinski definition) is 6. The molecule has 136 valence electrons. The Hall–Kier alpha value is -2.75. The van der Waals surface area contributed by atoms with Gasteiger partial charge >= 0.3 is 0 Å². The van der Waals surface area contributed by atoms with Crippen LogP contribution >= 0.6 is 23.4 Å². The van der Waals surface area contributed by atoms with E-state index >= 15 is 0 Å². The predicted octanol–water partition coefficient (Wildman–Crippen LogP) is 4.75. The summed E-state index contributed by atoms with van der Waals surface area (Å²) in [5, 5.41) is 11.3. The Morgan fingerprint density at radius 3 is 2.44 bits per heavy atom. The SMILES string of the molecule is COc1cc2cc(C#N)c(SCC(=O)c3ccc(Cl)cc3)nc2cc1OC. The highest BCUT2D eigenvalue weighted by Gasteiger charge is 2.14. The summed E-state index contributed by atoms with van der Waals surface area (Å²) in [5.41, 5.74) is 1.63. The Kier molecular flexibility index (Phi) is 5.84. The molecule has 7 heteroatoms. The standard InChI is InChI=1S/C20H15ClN2O3S/c1-25-18-8-13-7-14(10-22)20(23-16(13)9-19(18)26-2)27-11-17(24)12-3-5-15(21)6-4-12/h3-9H,11H2,1-2H3. The van der Waals surface area contributed by atoms with Crippen LogP contribution in [0.2, 0.25) is 5.02 Å². The molecule has 0 atom stereocenters. The third-order valence-electron chi connectivity index (χ3n) is 3.91. The van der Waals surface area contributed by atoms with Crippen molar-refractivity contribution >= 4 is 40.0 Å². The molecule has 0 saturated heterocycles. The number of benzene rings is 2. The molecule has 0 fully saturated rings. The predicted molar refractivity (Wildman–Crippen MR) is 106 cm³/mol. The number of hydrogen-bond donors (Lipinski definition) is 0. The Morgan fingerprint density at radius 2 is 1.81 bits per heavy atom. The van der Waals surface area contributed by atoms with Gasteiger partial charge in [-0.3, -0.25) is 4.79 Å². The first kappa shape index (κ1) is 19.0. The fraction of sp³-hybridized carbons (Fsp3) is 0.150. The second-order valence-electron chi connectivity index (χ2n) is 5.57. The second kappa shape index (κ2) is 8.30. The van der Waals surface area contributed by atoms with Gasteiger partial charge in [-0.05, 0) is 36.4 Å². The third kappa shape index (κ3) is 4.16. The molecule has 0 spiro atoms. The number of Topliss-reactive ketones (excluding diaryl/α,β-unsaturated/α-hetero) is 1. The lowest BCUT2D eigenvalue weighted by atomic mass is 10.1. The number of ketones is 1. The van der Waals surface area contributed by atoms with Crippen LogP contribution in [0.3, 0.4) is 0 Å².